The summed E-state index contributed by atoms with van der Waals surface area (Å²) in [4.78, 5) is 0. The smallest absolute Gasteiger partial charge is 0.130 e. The van der Waals surface area contributed by atoms with Crippen LogP contribution in [0.5, 0.6) is 5.75 Å². The molecule has 0 amide bonds. The van der Waals surface area contributed by atoms with Gasteiger partial charge in [-0.2, -0.15) is 0 Å². The number of nitrogens with one attached hydrogen (secondary N) is 1. The van der Waals surface area contributed by atoms with E-state index >= 15 is 0 Å². The summed E-state index contributed by atoms with van der Waals surface area (Å²) in [6, 6.07) is 6.10. The van der Waals surface area contributed by atoms with E-state index in [4.69, 9.17) is 4.74 Å². The van der Waals surface area contributed by atoms with E-state index < -0.39 is 0 Å². The quantitative estimate of drug-likeness (QED) is 0.819. The van der Waals surface area contributed by atoms with Crippen molar-refractivity contribution < 1.29 is 9.13 Å². The second-order valence-electron chi connectivity index (χ2n) is 6.57. The van der Waals surface area contributed by atoms with Gasteiger partial charge < -0.3 is 10.1 Å². The Bertz CT molecular complexity index is 472. The van der Waals surface area contributed by atoms with E-state index in [9.17, 15) is 4.39 Å². The molecule has 2 saturated carbocycles. The van der Waals surface area contributed by atoms with E-state index in [1.54, 1.807) is 7.11 Å². The molecule has 1 aromatic carbocycles. The topological polar surface area (TPSA) is 21.3 Å². The van der Waals surface area contributed by atoms with Gasteiger partial charge in [0.25, 0.3) is 0 Å². The predicted molar refractivity (Wildman–Crippen MR) is 83.3 cm³/mol. The third-order valence-corrected chi connectivity index (χ3v) is 5.01. The van der Waals surface area contributed by atoms with Crippen molar-refractivity contribution in [2.45, 2.75) is 56.9 Å². The van der Waals surface area contributed by atoms with Crippen LogP contribution in [-0.4, -0.2) is 19.7 Å². The van der Waals surface area contributed by atoms with Crippen molar-refractivity contribution in [3.05, 3.63) is 29.6 Å². The number of halogens is 1. The van der Waals surface area contributed by atoms with E-state index in [2.05, 4.69) is 5.32 Å². The molecule has 116 valence electrons. The van der Waals surface area contributed by atoms with Gasteiger partial charge in [-0.3, -0.25) is 0 Å². The molecule has 0 bridgehead atoms. The SMILES string of the molecule is COc1ccc(C2CCCCCC2CNC2CC2)c(F)c1. The molecule has 3 rings (SSSR count). The average Bonchev–Trinajstić information content (AvgIpc) is 3.32. The van der Waals surface area contributed by atoms with Gasteiger partial charge in [-0.25, -0.2) is 4.39 Å². The number of hydrogen-bond acceptors (Lipinski definition) is 2. The zero-order valence-corrected chi connectivity index (χ0v) is 12.9. The predicted octanol–water partition coefficient (Wildman–Crippen LogP) is 4.25. The van der Waals surface area contributed by atoms with Gasteiger partial charge in [-0.1, -0.05) is 25.3 Å². The van der Waals surface area contributed by atoms with Gasteiger partial charge in [0.2, 0.25) is 0 Å². The molecule has 0 aromatic heterocycles. The monoisotopic (exact) mass is 291 g/mol. The Kier molecular flexibility index (Phi) is 4.79. The van der Waals surface area contributed by atoms with Crippen molar-refractivity contribution in [2.75, 3.05) is 13.7 Å². The summed E-state index contributed by atoms with van der Waals surface area (Å²) < 4.78 is 19.6. The highest BCUT2D eigenvalue weighted by molar-refractivity contribution is 5.31. The Labute approximate surface area is 127 Å². The molecule has 0 radical (unpaired) electrons. The fraction of sp³-hybridized carbons (Fsp3) is 0.667. The van der Waals surface area contributed by atoms with E-state index in [0.717, 1.165) is 24.6 Å². The van der Waals surface area contributed by atoms with E-state index in [1.807, 2.05) is 12.1 Å². The molecule has 0 heterocycles. The number of ether oxygens (including phenoxy) is 1. The maximum Gasteiger partial charge on any atom is 0.130 e. The minimum Gasteiger partial charge on any atom is -0.497 e. The van der Waals surface area contributed by atoms with Crippen LogP contribution in [0.2, 0.25) is 0 Å². The molecule has 2 atom stereocenters. The molecule has 2 aliphatic rings. The molecule has 2 nitrogen and oxygen atoms in total. The molecular weight excluding hydrogens is 265 g/mol. The van der Waals surface area contributed by atoms with Crippen LogP contribution in [0.3, 0.4) is 0 Å². The summed E-state index contributed by atoms with van der Waals surface area (Å²) in [6.45, 7) is 1.04. The highest BCUT2D eigenvalue weighted by atomic mass is 19.1. The summed E-state index contributed by atoms with van der Waals surface area (Å²) >= 11 is 0. The molecule has 3 heteroatoms. The van der Waals surface area contributed by atoms with Gasteiger partial charge in [0.1, 0.15) is 11.6 Å². The molecular formula is C18H26FNO. The molecule has 21 heavy (non-hydrogen) atoms. The normalized spacial score (nSPS) is 26.4. The van der Waals surface area contributed by atoms with Crippen molar-refractivity contribution in [3.63, 3.8) is 0 Å². The highest BCUT2D eigenvalue weighted by Crippen LogP contribution is 2.38. The molecule has 0 spiro atoms. The largest absolute Gasteiger partial charge is 0.497 e. The first-order valence-electron chi connectivity index (χ1n) is 8.34. The van der Waals surface area contributed by atoms with Crippen molar-refractivity contribution >= 4 is 0 Å². The zero-order chi connectivity index (χ0) is 14.7. The van der Waals surface area contributed by atoms with Crippen LogP contribution in [0, 0.1) is 11.7 Å². The van der Waals surface area contributed by atoms with Crippen molar-refractivity contribution in [1.82, 2.24) is 5.32 Å². The summed E-state index contributed by atoms with van der Waals surface area (Å²) in [5, 5.41) is 3.65. The molecule has 2 aliphatic carbocycles. The van der Waals surface area contributed by atoms with Gasteiger partial charge in [-0.15, -0.1) is 0 Å². The highest BCUT2D eigenvalue weighted by Gasteiger charge is 2.29. The van der Waals surface area contributed by atoms with Gasteiger partial charge in [0.05, 0.1) is 7.11 Å². The molecule has 2 fully saturated rings. The lowest BCUT2D eigenvalue weighted by molar-refractivity contribution is 0.363. The number of benzene rings is 1. The Balaban J connectivity index is 1.77. The van der Waals surface area contributed by atoms with Crippen molar-refractivity contribution in [1.29, 1.82) is 0 Å². The number of hydrogen-bond donors (Lipinski definition) is 1. The van der Waals surface area contributed by atoms with Gasteiger partial charge >= 0.3 is 0 Å². The second kappa shape index (κ2) is 6.78. The van der Waals surface area contributed by atoms with Crippen LogP contribution in [-0.2, 0) is 0 Å². The van der Waals surface area contributed by atoms with Crippen LogP contribution < -0.4 is 10.1 Å². The van der Waals surface area contributed by atoms with Crippen LogP contribution in [0.4, 0.5) is 4.39 Å². The first kappa shape index (κ1) is 14.8. The maximum atomic E-state index is 14.4. The van der Waals surface area contributed by atoms with Crippen LogP contribution in [0.1, 0.15) is 56.4 Å². The van der Waals surface area contributed by atoms with Crippen molar-refractivity contribution in [2.24, 2.45) is 5.92 Å². The minimum absolute atomic E-state index is 0.0994. The fourth-order valence-electron chi connectivity index (χ4n) is 3.58. The Morgan fingerprint density at radius 3 is 2.67 bits per heavy atom. The summed E-state index contributed by atoms with van der Waals surface area (Å²) in [5.74, 6) is 1.43. The Hall–Kier alpha value is -1.09. The van der Waals surface area contributed by atoms with E-state index in [1.165, 1.54) is 44.6 Å². The first-order chi connectivity index (χ1) is 10.3. The number of methoxy groups -OCH3 is 1. The molecule has 1 N–H and O–H groups in total. The van der Waals surface area contributed by atoms with Crippen LogP contribution in [0.15, 0.2) is 18.2 Å². The summed E-state index contributed by atoms with van der Waals surface area (Å²) in [6.07, 6.45) is 8.74. The Morgan fingerprint density at radius 1 is 1.14 bits per heavy atom. The van der Waals surface area contributed by atoms with E-state index in [0.29, 0.717) is 17.6 Å². The first-order valence-corrected chi connectivity index (χ1v) is 8.34. The van der Waals surface area contributed by atoms with Crippen molar-refractivity contribution in [3.8, 4) is 5.75 Å². The summed E-state index contributed by atoms with van der Waals surface area (Å²) in [7, 11) is 1.59. The average molecular weight is 291 g/mol. The lowest BCUT2D eigenvalue weighted by Gasteiger charge is -2.26. The minimum atomic E-state index is -0.0994. The lowest BCUT2D eigenvalue weighted by atomic mass is 9.82. The van der Waals surface area contributed by atoms with Gasteiger partial charge in [0.15, 0.2) is 0 Å². The van der Waals surface area contributed by atoms with Crippen LogP contribution in [0.25, 0.3) is 0 Å². The van der Waals surface area contributed by atoms with E-state index in [-0.39, 0.29) is 5.82 Å². The third-order valence-electron chi connectivity index (χ3n) is 5.01. The molecule has 1 aromatic rings. The second-order valence-corrected chi connectivity index (χ2v) is 6.57. The lowest BCUT2D eigenvalue weighted by Crippen LogP contribution is -2.28. The standard InChI is InChI=1S/C18H26FNO/c1-21-15-9-10-17(18(19)11-15)16-6-4-2-3-5-13(16)12-20-14-7-8-14/h9-11,13-14,16,20H,2-8,12H2,1H3. The fourth-order valence-corrected chi connectivity index (χ4v) is 3.58. The molecule has 0 aliphatic heterocycles. The Morgan fingerprint density at radius 2 is 1.95 bits per heavy atom. The summed E-state index contributed by atoms with van der Waals surface area (Å²) in [5.41, 5.74) is 0.889. The maximum absolute atomic E-state index is 14.4. The molecule has 0 saturated heterocycles. The van der Waals surface area contributed by atoms with Gasteiger partial charge in [0, 0.05) is 12.1 Å². The zero-order valence-electron chi connectivity index (χ0n) is 12.9. The van der Waals surface area contributed by atoms with Crippen LogP contribution >= 0.6 is 0 Å². The molecule has 2 unspecified atom stereocenters. The van der Waals surface area contributed by atoms with Gasteiger partial charge in [-0.05, 0) is 55.7 Å². The number of rotatable bonds is 5. The third kappa shape index (κ3) is 3.76.